The number of carbonyl (C=O) groups is 2. The van der Waals surface area contributed by atoms with Crippen LogP contribution >= 0.6 is 11.6 Å². The Balaban J connectivity index is 1.93. The largest absolute Gasteiger partial charge is 0.453 e. The number of benzene rings is 1. The average Bonchev–Trinajstić information content (AvgIpc) is 3.04. The van der Waals surface area contributed by atoms with E-state index >= 15 is 0 Å². The summed E-state index contributed by atoms with van der Waals surface area (Å²) in [6.45, 7) is 0. The van der Waals surface area contributed by atoms with Crippen molar-refractivity contribution in [2.75, 3.05) is 5.32 Å². The quantitative estimate of drug-likeness (QED) is 0.579. The number of anilines is 1. The van der Waals surface area contributed by atoms with Gasteiger partial charge in [0.15, 0.2) is 12.0 Å². The smallest absolute Gasteiger partial charge is 0.258 e. The Morgan fingerprint density at radius 1 is 1.13 bits per heavy atom. The Morgan fingerprint density at radius 2 is 1.96 bits per heavy atom. The number of halogens is 1. The van der Waals surface area contributed by atoms with Gasteiger partial charge in [0.2, 0.25) is 0 Å². The van der Waals surface area contributed by atoms with Crippen molar-refractivity contribution in [3.63, 3.8) is 0 Å². The summed E-state index contributed by atoms with van der Waals surface area (Å²) in [5.41, 5.74) is 1.48. The fourth-order valence-electron chi connectivity index (χ4n) is 2.11. The van der Waals surface area contributed by atoms with Crippen molar-refractivity contribution in [1.82, 2.24) is 4.98 Å². The molecule has 6 heteroatoms. The fraction of sp³-hybridized carbons (Fsp3) is 0. The molecule has 2 heterocycles. The zero-order valence-electron chi connectivity index (χ0n) is 11.8. The molecule has 23 heavy (non-hydrogen) atoms. The molecule has 1 aromatic carbocycles. The maximum absolute atomic E-state index is 12.4. The van der Waals surface area contributed by atoms with Crippen LogP contribution in [0.1, 0.15) is 20.9 Å². The SMILES string of the molecule is O=Cc1ccc(-c2ccccc2NC(=O)c2cccnc2Cl)o1. The lowest BCUT2D eigenvalue weighted by molar-refractivity contribution is 0.102. The molecule has 0 fully saturated rings. The van der Waals surface area contributed by atoms with Crippen molar-refractivity contribution >= 4 is 29.5 Å². The van der Waals surface area contributed by atoms with Crippen molar-refractivity contribution in [1.29, 1.82) is 0 Å². The molecule has 0 atom stereocenters. The summed E-state index contributed by atoms with van der Waals surface area (Å²) in [6.07, 6.45) is 2.14. The van der Waals surface area contributed by atoms with Crippen LogP contribution < -0.4 is 5.32 Å². The van der Waals surface area contributed by atoms with Gasteiger partial charge in [0.05, 0.1) is 11.3 Å². The molecule has 3 rings (SSSR count). The van der Waals surface area contributed by atoms with E-state index in [-0.39, 0.29) is 22.4 Å². The van der Waals surface area contributed by atoms with Crippen LogP contribution in [-0.2, 0) is 0 Å². The van der Waals surface area contributed by atoms with Gasteiger partial charge in [0.1, 0.15) is 10.9 Å². The van der Waals surface area contributed by atoms with Gasteiger partial charge in [-0.25, -0.2) is 4.98 Å². The molecule has 0 saturated heterocycles. The molecule has 5 nitrogen and oxygen atoms in total. The highest BCUT2D eigenvalue weighted by Gasteiger charge is 2.15. The number of aromatic nitrogens is 1. The van der Waals surface area contributed by atoms with Crippen molar-refractivity contribution in [2.45, 2.75) is 0 Å². The summed E-state index contributed by atoms with van der Waals surface area (Å²) >= 11 is 5.93. The Kier molecular flexibility index (Phi) is 4.21. The molecule has 1 N–H and O–H groups in total. The van der Waals surface area contributed by atoms with Crippen LogP contribution in [0, 0.1) is 0 Å². The maximum Gasteiger partial charge on any atom is 0.258 e. The van der Waals surface area contributed by atoms with Gasteiger partial charge < -0.3 is 9.73 Å². The molecular weight excluding hydrogens is 316 g/mol. The van der Waals surface area contributed by atoms with E-state index in [1.807, 2.05) is 6.07 Å². The lowest BCUT2D eigenvalue weighted by atomic mass is 10.1. The van der Waals surface area contributed by atoms with Crippen molar-refractivity contribution in [3.05, 3.63) is 71.2 Å². The summed E-state index contributed by atoms with van der Waals surface area (Å²) in [5.74, 6) is 0.328. The highest BCUT2D eigenvalue weighted by Crippen LogP contribution is 2.29. The monoisotopic (exact) mass is 326 g/mol. The molecular formula is C17H11ClN2O3. The van der Waals surface area contributed by atoms with E-state index in [0.29, 0.717) is 23.3 Å². The lowest BCUT2D eigenvalue weighted by Gasteiger charge is -2.10. The van der Waals surface area contributed by atoms with Gasteiger partial charge in [0.25, 0.3) is 5.91 Å². The van der Waals surface area contributed by atoms with Gasteiger partial charge in [0, 0.05) is 11.8 Å². The zero-order chi connectivity index (χ0) is 16.2. The van der Waals surface area contributed by atoms with Crippen LogP contribution in [0.3, 0.4) is 0 Å². The second-order valence-corrected chi connectivity index (χ2v) is 5.02. The van der Waals surface area contributed by atoms with Crippen LogP contribution in [0.2, 0.25) is 5.15 Å². The van der Waals surface area contributed by atoms with E-state index < -0.39 is 0 Å². The molecule has 2 aromatic heterocycles. The summed E-state index contributed by atoms with van der Waals surface area (Å²) in [5, 5.41) is 2.91. The first-order valence-corrected chi connectivity index (χ1v) is 7.13. The third-order valence-electron chi connectivity index (χ3n) is 3.19. The van der Waals surface area contributed by atoms with Gasteiger partial charge in [-0.2, -0.15) is 0 Å². The predicted octanol–water partition coefficient (Wildman–Crippen LogP) is 4.06. The van der Waals surface area contributed by atoms with E-state index in [1.165, 1.54) is 6.20 Å². The number of rotatable bonds is 4. The second-order valence-electron chi connectivity index (χ2n) is 4.66. The minimum atomic E-state index is -0.377. The van der Waals surface area contributed by atoms with Crippen LogP contribution in [0.15, 0.2) is 59.1 Å². The van der Waals surface area contributed by atoms with Crippen LogP contribution in [0.5, 0.6) is 0 Å². The first-order chi connectivity index (χ1) is 11.2. The fourth-order valence-corrected chi connectivity index (χ4v) is 2.32. The van der Waals surface area contributed by atoms with Gasteiger partial charge >= 0.3 is 0 Å². The molecule has 0 saturated carbocycles. The van der Waals surface area contributed by atoms with E-state index in [0.717, 1.165) is 0 Å². The average molecular weight is 327 g/mol. The number of hydrogen-bond acceptors (Lipinski definition) is 4. The number of para-hydroxylation sites is 1. The molecule has 114 valence electrons. The van der Waals surface area contributed by atoms with E-state index in [9.17, 15) is 9.59 Å². The number of nitrogens with one attached hydrogen (secondary N) is 1. The molecule has 1 amide bonds. The van der Waals surface area contributed by atoms with Crippen LogP contribution in [0.25, 0.3) is 11.3 Å². The number of nitrogens with zero attached hydrogens (tertiary/aromatic N) is 1. The number of aldehydes is 1. The van der Waals surface area contributed by atoms with E-state index in [2.05, 4.69) is 10.3 Å². The molecule has 0 aliphatic carbocycles. The second kappa shape index (κ2) is 6.46. The number of pyridine rings is 1. The predicted molar refractivity (Wildman–Crippen MR) is 86.7 cm³/mol. The zero-order valence-corrected chi connectivity index (χ0v) is 12.6. The third-order valence-corrected chi connectivity index (χ3v) is 3.49. The molecule has 0 radical (unpaired) electrons. The van der Waals surface area contributed by atoms with Crippen LogP contribution in [0.4, 0.5) is 5.69 Å². The van der Waals surface area contributed by atoms with Crippen molar-refractivity contribution in [3.8, 4) is 11.3 Å². The Bertz CT molecular complexity index is 874. The number of furan rings is 1. The standard InChI is InChI=1S/C17H11ClN2O3/c18-16-13(5-3-9-19-16)17(22)20-14-6-2-1-4-12(14)15-8-7-11(10-21)23-15/h1-10H,(H,20,22). The van der Waals surface area contributed by atoms with Crippen molar-refractivity contribution in [2.24, 2.45) is 0 Å². The van der Waals surface area contributed by atoms with Gasteiger partial charge in [-0.15, -0.1) is 0 Å². The minimum Gasteiger partial charge on any atom is -0.453 e. The van der Waals surface area contributed by atoms with Gasteiger partial charge in [-0.1, -0.05) is 23.7 Å². The van der Waals surface area contributed by atoms with Gasteiger partial charge in [-0.05, 0) is 36.4 Å². The third kappa shape index (κ3) is 3.14. The maximum atomic E-state index is 12.4. The Morgan fingerprint density at radius 3 is 2.70 bits per heavy atom. The number of amides is 1. The first kappa shape index (κ1) is 15.0. The summed E-state index contributed by atoms with van der Waals surface area (Å²) in [4.78, 5) is 27.0. The molecule has 0 unspecified atom stereocenters. The molecule has 0 aliphatic heterocycles. The number of carbonyl (C=O) groups excluding carboxylic acids is 2. The Hall–Kier alpha value is -2.92. The summed E-state index contributed by atoms with van der Waals surface area (Å²) < 4.78 is 5.41. The topological polar surface area (TPSA) is 72.2 Å². The molecule has 0 aliphatic rings. The lowest BCUT2D eigenvalue weighted by Crippen LogP contribution is -2.13. The van der Waals surface area contributed by atoms with Gasteiger partial charge in [-0.3, -0.25) is 9.59 Å². The number of hydrogen-bond donors (Lipinski definition) is 1. The van der Waals surface area contributed by atoms with E-state index in [1.54, 1.807) is 42.5 Å². The molecule has 0 bridgehead atoms. The molecule has 0 spiro atoms. The minimum absolute atomic E-state index is 0.128. The van der Waals surface area contributed by atoms with Crippen molar-refractivity contribution < 1.29 is 14.0 Å². The summed E-state index contributed by atoms with van der Waals surface area (Å²) in [6, 6.07) is 13.6. The van der Waals surface area contributed by atoms with Crippen LogP contribution in [-0.4, -0.2) is 17.2 Å². The normalized spacial score (nSPS) is 10.3. The highest BCUT2D eigenvalue weighted by atomic mass is 35.5. The molecule has 3 aromatic rings. The highest BCUT2D eigenvalue weighted by molar-refractivity contribution is 6.33. The van der Waals surface area contributed by atoms with E-state index in [4.69, 9.17) is 16.0 Å². The first-order valence-electron chi connectivity index (χ1n) is 6.75. The Labute approximate surface area is 136 Å². The summed E-state index contributed by atoms with van der Waals surface area (Å²) in [7, 11) is 0.